The number of nitrogens with one attached hydrogen (secondary N) is 1. The average molecular weight is 269 g/mol. The molecule has 2 aromatic carbocycles. The van der Waals surface area contributed by atoms with Gasteiger partial charge in [0.2, 0.25) is 0 Å². The molecule has 0 aromatic heterocycles. The lowest BCUT2D eigenvalue weighted by Crippen LogP contribution is -2.14. The molecule has 2 rings (SSSR count). The number of benzene rings is 2. The summed E-state index contributed by atoms with van der Waals surface area (Å²) in [7, 11) is 0. The quantitative estimate of drug-likeness (QED) is 0.831. The standard InChI is InChI=1S/C13H7F4NO/c14-8-5-4-7(6-11(8)17)13(19)18-12-9(15)2-1-3-10(12)16/h1-6H,(H,18,19). The van der Waals surface area contributed by atoms with Gasteiger partial charge in [-0.1, -0.05) is 6.07 Å². The van der Waals surface area contributed by atoms with Gasteiger partial charge in [-0.2, -0.15) is 0 Å². The van der Waals surface area contributed by atoms with E-state index in [0.29, 0.717) is 6.07 Å². The van der Waals surface area contributed by atoms with Crippen molar-refractivity contribution in [2.24, 2.45) is 0 Å². The van der Waals surface area contributed by atoms with E-state index in [2.05, 4.69) is 0 Å². The number of para-hydroxylation sites is 1. The Labute approximate surface area is 105 Å². The Bertz CT molecular complexity index is 622. The lowest BCUT2D eigenvalue weighted by atomic mass is 10.2. The van der Waals surface area contributed by atoms with Crippen LogP contribution >= 0.6 is 0 Å². The molecule has 0 saturated carbocycles. The second-order valence-corrected chi connectivity index (χ2v) is 3.68. The molecule has 2 aromatic rings. The summed E-state index contributed by atoms with van der Waals surface area (Å²) >= 11 is 0. The molecular weight excluding hydrogens is 262 g/mol. The van der Waals surface area contributed by atoms with E-state index in [4.69, 9.17) is 0 Å². The number of carbonyl (C=O) groups is 1. The summed E-state index contributed by atoms with van der Waals surface area (Å²) in [6.45, 7) is 0. The maximum Gasteiger partial charge on any atom is 0.255 e. The van der Waals surface area contributed by atoms with Crippen LogP contribution in [-0.4, -0.2) is 5.91 Å². The topological polar surface area (TPSA) is 29.1 Å². The van der Waals surface area contributed by atoms with Gasteiger partial charge in [0.25, 0.3) is 5.91 Å². The van der Waals surface area contributed by atoms with Crippen molar-refractivity contribution in [2.45, 2.75) is 0 Å². The minimum Gasteiger partial charge on any atom is -0.317 e. The minimum absolute atomic E-state index is 0.249. The molecule has 0 fully saturated rings. The van der Waals surface area contributed by atoms with Gasteiger partial charge in [-0.15, -0.1) is 0 Å². The van der Waals surface area contributed by atoms with Crippen molar-refractivity contribution >= 4 is 11.6 Å². The lowest BCUT2D eigenvalue weighted by Gasteiger charge is -2.07. The van der Waals surface area contributed by atoms with Crippen LogP contribution < -0.4 is 5.32 Å². The van der Waals surface area contributed by atoms with Crippen molar-refractivity contribution < 1.29 is 22.4 Å². The Kier molecular flexibility index (Phi) is 3.50. The predicted octanol–water partition coefficient (Wildman–Crippen LogP) is 3.50. The molecule has 0 aliphatic heterocycles. The fourth-order valence-corrected chi connectivity index (χ4v) is 1.44. The van der Waals surface area contributed by atoms with Crippen LogP contribution in [0.25, 0.3) is 0 Å². The average Bonchev–Trinajstić information content (AvgIpc) is 2.37. The Morgan fingerprint density at radius 3 is 2.05 bits per heavy atom. The number of hydrogen-bond acceptors (Lipinski definition) is 1. The van der Waals surface area contributed by atoms with Crippen molar-refractivity contribution in [3.8, 4) is 0 Å². The zero-order valence-electron chi connectivity index (χ0n) is 9.38. The molecule has 19 heavy (non-hydrogen) atoms. The van der Waals surface area contributed by atoms with Crippen molar-refractivity contribution in [3.63, 3.8) is 0 Å². The van der Waals surface area contributed by atoms with E-state index in [-0.39, 0.29) is 5.56 Å². The molecule has 0 heterocycles. The molecule has 2 nitrogen and oxygen atoms in total. The highest BCUT2D eigenvalue weighted by atomic mass is 19.2. The summed E-state index contributed by atoms with van der Waals surface area (Å²) in [6, 6.07) is 5.46. The van der Waals surface area contributed by atoms with E-state index >= 15 is 0 Å². The Morgan fingerprint density at radius 1 is 0.842 bits per heavy atom. The number of carbonyl (C=O) groups excluding carboxylic acids is 1. The zero-order valence-corrected chi connectivity index (χ0v) is 9.38. The van der Waals surface area contributed by atoms with Crippen LogP contribution in [0.1, 0.15) is 10.4 Å². The van der Waals surface area contributed by atoms with Crippen molar-refractivity contribution in [3.05, 3.63) is 65.2 Å². The highest BCUT2D eigenvalue weighted by Gasteiger charge is 2.14. The van der Waals surface area contributed by atoms with E-state index in [1.165, 1.54) is 0 Å². The fraction of sp³-hybridized carbons (Fsp3) is 0. The summed E-state index contributed by atoms with van der Waals surface area (Å²) in [5.74, 6) is -5.20. The van der Waals surface area contributed by atoms with Gasteiger partial charge in [-0.25, -0.2) is 17.6 Å². The molecule has 0 saturated heterocycles. The third kappa shape index (κ3) is 2.73. The molecular formula is C13H7F4NO. The fourth-order valence-electron chi connectivity index (χ4n) is 1.44. The predicted molar refractivity (Wildman–Crippen MR) is 60.7 cm³/mol. The van der Waals surface area contributed by atoms with Crippen LogP contribution in [0.4, 0.5) is 23.2 Å². The van der Waals surface area contributed by atoms with E-state index in [1.807, 2.05) is 5.32 Å². The second-order valence-electron chi connectivity index (χ2n) is 3.68. The minimum atomic E-state index is -1.22. The van der Waals surface area contributed by atoms with E-state index in [0.717, 1.165) is 30.3 Å². The van der Waals surface area contributed by atoms with Crippen molar-refractivity contribution in [1.82, 2.24) is 0 Å². The van der Waals surface area contributed by atoms with Crippen LogP contribution in [0.2, 0.25) is 0 Å². The van der Waals surface area contributed by atoms with Crippen LogP contribution in [0.3, 0.4) is 0 Å². The monoisotopic (exact) mass is 269 g/mol. The molecule has 0 atom stereocenters. The van der Waals surface area contributed by atoms with Gasteiger partial charge >= 0.3 is 0 Å². The van der Waals surface area contributed by atoms with Crippen LogP contribution in [-0.2, 0) is 0 Å². The van der Waals surface area contributed by atoms with Gasteiger partial charge in [0.05, 0.1) is 0 Å². The van der Waals surface area contributed by atoms with Gasteiger partial charge < -0.3 is 5.32 Å². The number of amides is 1. The number of halogens is 4. The number of rotatable bonds is 2. The normalized spacial score (nSPS) is 10.3. The molecule has 0 aliphatic carbocycles. The molecule has 0 unspecified atom stereocenters. The Hall–Kier alpha value is -2.37. The van der Waals surface area contributed by atoms with E-state index in [9.17, 15) is 22.4 Å². The van der Waals surface area contributed by atoms with Crippen LogP contribution in [0.15, 0.2) is 36.4 Å². The first-order valence-electron chi connectivity index (χ1n) is 5.19. The smallest absolute Gasteiger partial charge is 0.255 e. The first-order valence-corrected chi connectivity index (χ1v) is 5.19. The summed E-state index contributed by atoms with van der Waals surface area (Å²) in [6.07, 6.45) is 0. The highest BCUT2D eigenvalue weighted by molar-refractivity contribution is 6.04. The SMILES string of the molecule is O=C(Nc1c(F)cccc1F)c1ccc(F)c(F)c1. The third-order valence-corrected chi connectivity index (χ3v) is 2.38. The largest absolute Gasteiger partial charge is 0.317 e. The van der Waals surface area contributed by atoms with Gasteiger partial charge in [0.15, 0.2) is 11.6 Å². The number of anilines is 1. The van der Waals surface area contributed by atoms with Gasteiger partial charge in [-0.3, -0.25) is 4.79 Å². The maximum atomic E-state index is 13.3. The van der Waals surface area contributed by atoms with Crippen molar-refractivity contribution in [2.75, 3.05) is 5.32 Å². The molecule has 1 amide bonds. The van der Waals surface area contributed by atoms with Crippen molar-refractivity contribution in [1.29, 1.82) is 0 Å². The van der Waals surface area contributed by atoms with Gasteiger partial charge in [-0.05, 0) is 30.3 Å². The molecule has 0 radical (unpaired) electrons. The highest BCUT2D eigenvalue weighted by Crippen LogP contribution is 2.19. The van der Waals surface area contributed by atoms with E-state index < -0.39 is 34.9 Å². The molecule has 6 heteroatoms. The first kappa shape index (κ1) is 13.1. The first-order chi connectivity index (χ1) is 8.99. The molecule has 0 aliphatic rings. The van der Waals surface area contributed by atoms with Gasteiger partial charge in [0.1, 0.15) is 17.3 Å². The molecule has 0 bridgehead atoms. The zero-order chi connectivity index (χ0) is 14.0. The van der Waals surface area contributed by atoms with E-state index in [1.54, 1.807) is 0 Å². The number of hydrogen-bond donors (Lipinski definition) is 1. The second kappa shape index (κ2) is 5.09. The van der Waals surface area contributed by atoms with Crippen LogP contribution in [0.5, 0.6) is 0 Å². The third-order valence-electron chi connectivity index (χ3n) is 2.38. The summed E-state index contributed by atoms with van der Waals surface area (Å²) in [5.41, 5.74) is -0.890. The molecule has 98 valence electrons. The summed E-state index contributed by atoms with van der Waals surface area (Å²) in [5, 5.41) is 1.96. The Balaban J connectivity index is 2.28. The summed E-state index contributed by atoms with van der Waals surface area (Å²) < 4.78 is 52.2. The molecule has 1 N–H and O–H groups in total. The lowest BCUT2D eigenvalue weighted by molar-refractivity contribution is 0.102. The Morgan fingerprint density at radius 2 is 1.47 bits per heavy atom. The van der Waals surface area contributed by atoms with Gasteiger partial charge in [0, 0.05) is 5.56 Å². The molecule has 0 spiro atoms. The maximum absolute atomic E-state index is 13.3. The summed E-state index contributed by atoms with van der Waals surface area (Å²) in [4.78, 5) is 11.6. The van der Waals surface area contributed by atoms with Crippen LogP contribution in [0, 0.1) is 23.3 Å².